The van der Waals surface area contributed by atoms with Gasteiger partial charge in [-0.05, 0) is 36.6 Å². The number of hydrogen-bond acceptors (Lipinski definition) is 6. The molecule has 2 aromatic carbocycles. The van der Waals surface area contributed by atoms with E-state index in [1.54, 1.807) is 18.9 Å². The number of para-hydroxylation sites is 1. The summed E-state index contributed by atoms with van der Waals surface area (Å²) in [4.78, 5) is 31.8. The Morgan fingerprint density at radius 3 is 2.56 bits per heavy atom. The first-order valence-corrected chi connectivity index (χ1v) is 12.9. The Balaban J connectivity index is 1.75. The highest BCUT2D eigenvalue weighted by Gasteiger charge is 2.45. The van der Waals surface area contributed by atoms with Crippen LogP contribution in [0.3, 0.4) is 0 Å². The molecule has 2 aromatic rings. The summed E-state index contributed by atoms with van der Waals surface area (Å²) in [6.07, 6.45) is 1.07. The van der Waals surface area contributed by atoms with Crippen LogP contribution in [-0.4, -0.2) is 42.7 Å². The fraction of sp³-hybridized carbons (Fsp3) is 0.393. The molecule has 1 aliphatic carbocycles. The van der Waals surface area contributed by atoms with E-state index in [9.17, 15) is 9.59 Å². The van der Waals surface area contributed by atoms with Crippen LogP contribution in [0.15, 0.2) is 70.9 Å². The fourth-order valence-corrected chi connectivity index (χ4v) is 5.51. The molecule has 1 heterocycles. The summed E-state index contributed by atoms with van der Waals surface area (Å²) < 4.78 is 11.3. The van der Waals surface area contributed by atoms with Gasteiger partial charge in [0.2, 0.25) is 0 Å². The number of Topliss-reactive ketones (excluding diaryl/α,β-unsaturated/α-hetero) is 1. The van der Waals surface area contributed by atoms with Crippen LogP contribution in [0.25, 0.3) is 0 Å². The zero-order chi connectivity index (χ0) is 24.1. The fourth-order valence-electron chi connectivity index (χ4n) is 5.02. The Morgan fingerprint density at radius 1 is 1.09 bits per heavy atom. The summed E-state index contributed by atoms with van der Waals surface area (Å²) in [6.45, 7) is 4.29. The van der Waals surface area contributed by atoms with Crippen molar-refractivity contribution in [3.05, 3.63) is 77.0 Å². The van der Waals surface area contributed by atoms with Crippen LogP contribution < -0.4 is 4.74 Å². The average molecular weight is 478 g/mol. The first-order valence-electron chi connectivity index (χ1n) is 11.8. The minimum atomic E-state index is -0.654. The van der Waals surface area contributed by atoms with Crippen LogP contribution in [0.4, 0.5) is 0 Å². The summed E-state index contributed by atoms with van der Waals surface area (Å²) in [6, 6.07) is 17.7. The molecule has 0 fully saturated rings. The zero-order valence-electron chi connectivity index (χ0n) is 20.0. The van der Waals surface area contributed by atoms with Gasteiger partial charge in [0, 0.05) is 40.6 Å². The van der Waals surface area contributed by atoms with Crippen molar-refractivity contribution >= 4 is 29.2 Å². The number of allylic oxidation sites excluding steroid dienone is 2. The van der Waals surface area contributed by atoms with E-state index in [0.29, 0.717) is 36.5 Å². The first-order chi connectivity index (χ1) is 16.5. The highest BCUT2D eigenvalue weighted by Crippen LogP contribution is 2.48. The zero-order valence-corrected chi connectivity index (χ0v) is 20.8. The molecule has 0 aromatic heterocycles. The molecule has 0 saturated carbocycles. The van der Waals surface area contributed by atoms with E-state index >= 15 is 0 Å². The lowest BCUT2D eigenvalue weighted by molar-refractivity contribution is -0.145. The van der Waals surface area contributed by atoms with Crippen LogP contribution in [0.1, 0.15) is 49.7 Å². The third-order valence-electron chi connectivity index (χ3n) is 6.56. The van der Waals surface area contributed by atoms with E-state index in [0.717, 1.165) is 28.3 Å². The quantitative estimate of drug-likeness (QED) is 0.368. The lowest BCUT2D eigenvalue weighted by atomic mass is 9.69. The Kier molecular flexibility index (Phi) is 7.88. The summed E-state index contributed by atoms with van der Waals surface area (Å²) in [5.74, 6) is 1.04. The molecule has 0 spiro atoms. The number of carbonyl (C=O) groups is 2. The van der Waals surface area contributed by atoms with E-state index in [1.807, 2.05) is 49.4 Å². The second-order valence-corrected chi connectivity index (χ2v) is 10.0. The van der Waals surface area contributed by atoms with Crippen LogP contribution in [0.5, 0.6) is 5.75 Å². The van der Waals surface area contributed by atoms with Gasteiger partial charge in [-0.15, -0.1) is 0 Å². The minimum absolute atomic E-state index is 0.0431. The molecule has 3 atom stereocenters. The van der Waals surface area contributed by atoms with Gasteiger partial charge in [-0.2, -0.15) is 11.8 Å². The summed E-state index contributed by atoms with van der Waals surface area (Å²) in [5, 5.41) is 0. The second-order valence-electron chi connectivity index (χ2n) is 8.61. The number of carbonyl (C=O) groups excluding carboxylic acids is 2. The van der Waals surface area contributed by atoms with Crippen molar-refractivity contribution < 1.29 is 19.1 Å². The van der Waals surface area contributed by atoms with Crippen molar-refractivity contribution in [1.82, 2.24) is 0 Å². The molecule has 0 radical (unpaired) electrons. The first kappa shape index (κ1) is 24.3. The molecular weight excluding hydrogens is 446 g/mol. The third-order valence-corrected chi connectivity index (χ3v) is 7.43. The van der Waals surface area contributed by atoms with Gasteiger partial charge in [0.05, 0.1) is 7.11 Å². The normalized spacial score (nSPS) is 22.1. The predicted octanol–water partition coefficient (Wildman–Crippen LogP) is 5.57. The number of rotatable bonds is 8. The van der Waals surface area contributed by atoms with Gasteiger partial charge in [0.15, 0.2) is 5.78 Å². The van der Waals surface area contributed by atoms with Crippen LogP contribution in [-0.2, 0) is 14.3 Å². The van der Waals surface area contributed by atoms with Crippen LogP contribution in [0, 0.1) is 5.92 Å². The van der Waals surface area contributed by atoms with Gasteiger partial charge >= 0.3 is 5.97 Å². The topological polar surface area (TPSA) is 65.0 Å². The summed E-state index contributed by atoms with van der Waals surface area (Å²) in [7, 11) is 1.61. The van der Waals surface area contributed by atoms with Crippen molar-refractivity contribution in [3.8, 4) is 5.75 Å². The summed E-state index contributed by atoms with van der Waals surface area (Å²) >= 11 is 1.73. The largest absolute Gasteiger partial charge is 0.496 e. The number of aliphatic imine (C=N–C) groups is 1. The van der Waals surface area contributed by atoms with Crippen molar-refractivity contribution in [2.24, 2.45) is 10.9 Å². The third kappa shape index (κ3) is 4.97. The maximum Gasteiger partial charge on any atom is 0.315 e. The molecule has 4 rings (SSSR count). The molecule has 5 nitrogen and oxygen atoms in total. The molecule has 1 aliphatic heterocycles. The molecule has 1 unspecified atom stereocenters. The monoisotopic (exact) mass is 477 g/mol. The minimum Gasteiger partial charge on any atom is -0.496 e. The van der Waals surface area contributed by atoms with Gasteiger partial charge in [0.1, 0.15) is 18.3 Å². The number of esters is 1. The van der Waals surface area contributed by atoms with Crippen LogP contribution >= 0.6 is 11.8 Å². The van der Waals surface area contributed by atoms with E-state index in [2.05, 4.69) is 19.1 Å². The molecule has 0 amide bonds. The summed E-state index contributed by atoms with van der Waals surface area (Å²) in [5.41, 5.74) is 4.06. The number of ketones is 1. The van der Waals surface area contributed by atoms with Crippen molar-refractivity contribution in [1.29, 1.82) is 0 Å². The molecule has 178 valence electrons. The number of methoxy groups -OCH3 is 1. The maximum atomic E-state index is 13.6. The number of ether oxygens (including phenoxy) is 2. The van der Waals surface area contributed by atoms with Gasteiger partial charge in [-0.25, -0.2) is 0 Å². The molecule has 2 aliphatic rings. The number of hydrogen-bond donors (Lipinski definition) is 0. The maximum absolute atomic E-state index is 13.6. The van der Waals surface area contributed by atoms with Crippen LogP contribution in [0.2, 0.25) is 0 Å². The molecule has 6 heteroatoms. The predicted molar refractivity (Wildman–Crippen MR) is 137 cm³/mol. The molecule has 34 heavy (non-hydrogen) atoms. The van der Waals surface area contributed by atoms with Gasteiger partial charge in [0.25, 0.3) is 0 Å². The number of nitrogens with zero attached hydrogens (tertiary/aromatic N) is 1. The average Bonchev–Trinajstić information content (AvgIpc) is 2.86. The molecule has 0 bridgehead atoms. The molecule has 0 saturated heterocycles. The lowest BCUT2D eigenvalue weighted by Crippen LogP contribution is -2.38. The van der Waals surface area contributed by atoms with E-state index in [-0.39, 0.29) is 17.7 Å². The van der Waals surface area contributed by atoms with E-state index in [4.69, 9.17) is 14.5 Å². The van der Waals surface area contributed by atoms with Crippen molar-refractivity contribution in [2.45, 2.75) is 38.5 Å². The van der Waals surface area contributed by atoms with Crippen molar-refractivity contribution in [2.75, 3.05) is 25.2 Å². The highest BCUT2D eigenvalue weighted by atomic mass is 32.2. The smallest absolute Gasteiger partial charge is 0.315 e. The van der Waals surface area contributed by atoms with E-state index in [1.165, 1.54) is 0 Å². The van der Waals surface area contributed by atoms with Crippen molar-refractivity contribution in [3.63, 3.8) is 0 Å². The SMILES string of the molecule is CCSCCOC(=O)C1C(C)=NC2=C(C(=O)C[C@H](c3ccccc3)C2)[C@H]1c1ccccc1OC. The standard InChI is InChI=1S/C28H31NO4S/c1-4-34-15-14-33-28(31)25-18(2)29-22-16-20(19-10-6-5-7-11-19)17-23(30)27(22)26(25)21-12-8-9-13-24(21)32-3/h5-13,20,25-26H,4,14-17H2,1-3H3/t20-,25?,26+/m1/s1. The Morgan fingerprint density at radius 2 is 1.82 bits per heavy atom. The van der Waals surface area contributed by atoms with Gasteiger partial charge in [-0.1, -0.05) is 55.5 Å². The highest BCUT2D eigenvalue weighted by molar-refractivity contribution is 7.99. The second kappa shape index (κ2) is 11.0. The van der Waals surface area contributed by atoms with Gasteiger partial charge < -0.3 is 9.47 Å². The number of benzene rings is 2. The van der Waals surface area contributed by atoms with Gasteiger partial charge in [-0.3, -0.25) is 14.6 Å². The molecule has 0 N–H and O–H groups in total. The Hall–Kier alpha value is -2.86. The Labute approximate surface area is 205 Å². The Bertz CT molecular complexity index is 1110. The van der Waals surface area contributed by atoms with E-state index < -0.39 is 11.8 Å². The molecular formula is C28H31NO4S. The lowest BCUT2D eigenvalue weighted by Gasteiger charge is -2.37. The number of thioether (sulfide) groups is 1.